The van der Waals surface area contributed by atoms with E-state index in [0.717, 1.165) is 18.2 Å². The second kappa shape index (κ2) is 13.4. The molecule has 0 aliphatic carbocycles. The van der Waals surface area contributed by atoms with Gasteiger partial charge in [-0.1, -0.05) is 30.3 Å². The zero-order valence-electron chi connectivity index (χ0n) is 14.0. The van der Waals surface area contributed by atoms with E-state index in [-0.39, 0.29) is 17.1 Å². The van der Waals surface area contributed by atoms with Crippen molar-refractivity contribution in [1.82, 2.24) is 4.98 Å². The molecule has 0 aliphatic heterocycles. The molecule has 0 amide bonds. The average molecular weight is 400 g/mol. The molecule has 0 aliphatic rings. The fourth-order valence-electron chi connectivity index (χ4n) is 1.66. The maximum absolute atomic E-state index is 10.2. The molecule has 0 atom stereocenters. The summed E-state index contributed by atoms with van der Waals surface area (Å²) >= 11 is 0. The number of carboxylic acid groups (broad SMARTS) is 2. The second-order valence-electron chi connectivity index (χ2n) is 4.68. The van der Waals surface area contributed by atoms with Crippen LogP contribution in [0.1, 0.15) is 17.3 Å². The van der Waals surface area contributed by atoms with Gasteiger partial charge in [0.1, 0.15) is 0 Å². The van der Waals surface area contributed by atoms with Gasteiger partial charge >= 0.3 is 23.0 Å². The van der Waals surface area contributed by atoms with Gasteiger partial charge in [0.25, 0.3) is 5.97 Å². The van der Waals surface area contributed by atoms with Crippen LogP contribution in [0.2, 0.25) is 0 Å². The van der Waals surface area contributed by atoms with Crippen LogP contribution in [0.25, 0.3) is 11.3 Å². The summed E-state index contributed by atoms with van der Waals surface area (Å²) in [6.45, 7) is 1.08. The summed E-state index contributed by atoms with van der Waals surface area (Å²) in [4.78, 5) is 23.4. The van der Waals surface area contributed by atoms with E-state index in [1.807, 2.05) is 42.5 Å². The number of benzene rings is 2. The smallest absolute Gasteiger partial charge is 0.481 e. The van der Waals surface area contributed by atoms with Crippen LogP contribution in [0.4, 0.5) is 0 Å². The minimum Gasteiger partial charge on any atom is -0.481 e. The number of hydrogen-bond donors (Lipinski definition) is 2. The molecule has 0 radical (unpaired) electrons. The Balaban J connectivity index is 0.000000399. The van der Waals surface area contributed by atoms with Crippen LogP contribution in [0.3, 0.4) is 0 Å². The van der Waals surface area contributed by atoms with E-state index in [2.05, 4.69) is 11.1 Å². The zero-order valence-corrected chi connectivity index (χ0v) is 14.9. The van der Waals surface area contributed by atoms with Crippen LogP contribution in [0.5, 0.6) is 0 Å². The molecule has 26 heavy (non-hydrogen) atoms. The fourth-order valence-corrected chi connectivity index (χ4v) is 1.66. The standard InChI is InChI=1S/C11H8N.C7H6O2.C2H4O2.Cu/c1-2-6-10(7-3-1)11-8-4-5-9-12-11;8-7(9)6-4-2-1-3-5-6;1-2(3)4;/h1-6,8-9H;1-5H,(H,8,9);1H3,(H,3,4);/q-1;;;+1. The van der Waals surface area contributed by atoms with E-state index in [9.17, 15) is 4.79 Å². The zero-order chi connectivity index (χ0) is 18.5. The van der Waals surface area contributed by atoms with Gasteiger partial charge in [-0.2, -0.15) is 0 Å². The third kappa shape index (κ3) is 10.0. The summed E-state index contributed by atoms with van der Waals surface area (Å²) in [6.07, 6.45) is 1.79. The molecule has 0 saturated heterocycles. The maximum Gasteiger partial charge on any atom is 1.00 e. The number of pyridine rings is 1. The van der Waals surface area contributed by atoms with Crippen LogP contribution >= 0.6 is 0 Å². The van der Waals surface area contributed by atoms with E-state index < -0.39 is 11.9 Å². The molecule has 0 spiro atoms. The molecule has 3 aromatic rings. The third-order valence-corrected chi connectivity index (χ3v) is 2.67. The van der Waals surface area contributed by atoms with E-state index in [1.165, 1.54) is 0 Å². The molecule has 6 heteroatoms. The van der Waals surface area contributed by atoms with Crippen molar-refractivity contribution >= 4 is 11.9 Å². The van der Waals surface area contributed by atoms with Crippen LogP contribution in [0, 0.1) is 6.07 Å². The molecule has 0 saturated carbocycles. The Kier molecular flexibility index (Phi) is 11.8. The average Bonchev–Trinajstić information content (AvgIpc) is 2.64. The van der Waals surface area contributed by atoms with Crippen molar-refractivity contribution in [3.8, 4) is 11.3 Å². The summed E-state index contributed by atoms with van der Waals surface area (Å²) < 4.78 is 0. The Morgan fingerprint density at radius 2 is 1.46 bits per heavy atom. The number of aromatic carboxylic acids is 1. The van der Waals surface area contributed by atoms with Gasteiger partial charge < -0.3 is 15.2 Å². The predicted molar refractivity (Wildman–Crippen MR) is 95.2 cm³/mol. The Labute approximate surface area is 162 Å². The molecule has 0 fully saturated rings. The Morgan fingerprint density at radius 1 is 0.885 bits per heavy atom. The molecule has 1 aromatic heterocycles. The number of carbonyl (C=O) groups is 2. The van der Waals surface area contributed by atoms with Gasteiger partial charge in [-0.15, -0.1) is 35.9 Å². The topological polar surface area (TPSA) is 87.5 Å². The van der Waals surface area contributed by atoms with Gasteiger partial charge in [0.2, 0.25) is 0 Å². The molecule has 5 nitrogen and oxygen atoms in total. The number of aromatic nitrogens is 1. The summed E-state index contributed by atoms with van der Waals surface area (Å²) in [5, 5.41) is 15.8. The summed E-state index contributed by atoms with van der Waals surface area (Å²) in [6, 6.07) is 25.1. The summed E-state index contributed by atoms with van der Waals surface area (Å²) in [7, 11) is 0. The first-order valence-corrected chi connectivity index (χ1v) is 7.36. The van der Waals surface area contributed by atoms with Crippen molar-refractivity contribution in [2.45, 2.75) is 6.92 Å². The third-order valence-electron chi connectivity index (χ3n) is 2.67. The molecule has 0 unspecified atom stereocenters. The quantitative estimate of drug-likeness (QED) is 0.502. The van der Waals surface area contributed by atoms with Crippen LogP contribution in [0.15, 0.2) is 79.0 Å². The molecule has 0 bridgehead atoms. The van der Waals surface area contributed by atoms with Gasteiger partial charge in [0.05, 0.1) is 5.56 Å². The maximum atomic E-state index is 10.2. The Morgan fingerprint density at radius 3 is 1.88 bits per heavy atom. The Bertz CT molecular complexity index is 724. The molecule has 3 rings (SSSR count). The summed E-state index contributed by atoms with van der Waals surface area (Å²) in [5.74, 6) is -1.71. The SMILES string of the molecule is CC(=O)O.O=C(O)c1ccccc1.[Cu+].[c-]1ccccc1-c1ccccn1. The molecule has 2 aromatic carbocycles. The molecule has 2 N–H and O–H groups in total. The number of carboxylic acids is 2. The van der Waals surface area contributed by atoms with Crippen LogP contribution < -0.4 is 0 Å². The number of rotatable bonds is 2. The molecular formula is C20H18CuNO4. The first-order valence-electron chi connectivity index (χ1n) is 7.36. The minimum absolute atomic E-state index is 0. The van der Waals surface area contributed by atoms with Gasteiger partial charge in [0.15, 0.2) is 0 Å². The van der Waals surface area contributed by atoms with E-state index in [4.69, 9.17) is 15.0 Å². The Hall–Kier alpha value is -2.95. The van der Waals surface area contributed by atoms with Crippen molar-refractivity contribution < 1.29 is 36.9 Å². The first-order chi connectivity index (χ1) is 12.0. The van der Waals surface area contributed by atoms with Crippen molar-refractivity contribution in [1.29, 1.82) is 0 Å². The van der Waals surface area contributed by atoms with Crippen molar-refractivity contribution in [2.24, 2.45) is 0 Å². The van der Waals surface area contributed by atoms with E-state index in [0.29, 0.717) is 5.56 Å². The van der Waals surface area contributed by atoms with Crippen LogP contribution in [-0.4, -0.2) is 27.1 Å². The second-order valence-corrected chi connectivity index (χ2v) is 4.68. The van der Waals surface area contributed by atoms with E-state index >= 15 is 0 Å². The van der Waals surface area contributed by atoms with Crippen molar-refractivity contribution in [3.05, 3.63) is 90.6 Å². The van der Waals surface area contributed by atoms with Gasteiger partial charge in [-0.3, -0.25) is 4.79 Å². The number of hydrogen-bond acceptors (Lipinski definition) is 3. The summed E-state index contributed by atoms with van der Waals surface area (Å²) in [5.41, 5.74) is 2.34. The normalized spacial score (nSPS) is 8.50. The van der Waals surface area contributed by atoms with Gasteiger partial charge in [-0.05, 0) is 23.9 Å². The van der Waals surface area contributed by atoms with Gasteiger partial charge in [0, 0.05) is 13.1 Å². The van der Waals surface area contributed by atoms with Crippen LogP contribution in [-0.2, 0) is 21.9 Å². The van der Waals surface area contributed by atoms with Gasteiger partial charge in [-0.25, -0.2) is 4.79 Å². The number of aliphatic carboxylic acids is 1. The monoisotopic (exact) mass is 399 g/mol. The fraction of sp³-hybridized carbons (Fsp3) is 0.0500. The number of nitrogens with zero attached hydrogens (tertiary/aromatic N) is 1. The molecule has 1 heterocycles. The van der Waals surface area contributed by atoms with Crippen molar-refractivity contribution in [2.75, 3.05) is 0 Å². The molecular weight excluding hydrogens is 382 g/mol. The predicted octanol–water partition coefficient (Wildman–Crippen LogP) is 4.02. The van der Waals surface area contributed by atoms with E-state index in [1.54, 1.807) is 36.5 Å². The first kappa shape index (κ1) is 23.0. The largest absolute Gasteiger partial charge is 1.00 e. The van der Waals surface area contributed by atoms with Crippen molar-refractivity contribution in [3.63, 3.8) is 0 Å². The molecule has 138 valence electrons. The minimum atomic E-state index is -0.879.